The van der Waals surface area contributed by atoms with E-state index in [0.29, 0.717) is 11.1 Å². The maximum Gasteiger partial charge on any atom is 0.213 e. The number of nitrogen functional groups attached to an aromatic ring is 1. The minimum Gasteiger partial charge on any atom is -0.384 e. The molecule has 0 saturated carbocycles. The van der Waals surface area contributed by atoms with Gasteiger partial charge in [-0.15, -0.1) is 0 Å². The Labute approximate surface area is 97.8 Å². The van der Waals surface area contributed by atoms with Gasteiger partial charge in [0, 0.05) is 23.5 Å². The number of amidine groups is 1. The quantitative estimate of drug-likeness (QED) is 0.463. The zero-order valence-corrected chi connectivity index (χ0v) is 8.92. The number of carbonyl (C=O) groups is 1. The number of rotatable bonds is 3. The van der Waals surface area contributed by atoms with E-state index < -0.39 is 0 Å². The molecule has 0 spiro atoms. The lowest BCUT2D eigenvalue weighted by Gasteiger charge is -2.05. The summed E-state index contributed by atoms with van der Waals surface area (Å²) in [5.74, 6) is -0.429. The summed E-state index contributed by atoms with van der Waals surface area (Å²) in [7, 11) is 0. The van der Waals surface area contributed by atoms with E-state index in [4.69, 9.17) is 11.1 Å². The Kier molecular flexibility index (Phi) is 2.91. The number of nitrogens with zero attached hydrogens (tertiary/aromatic N) is 2. The van der Waals surface area contributed by atoms with Crippen LogP contribution in [-0.2, 0) is 0 Å². The molecule has 0 bridgehead atoms. The molecule has 1 heterocycles. The number of hydrogen-bond donors (Lipinski definition) is 2. The average Bonchev–Trinajstić information content (AvgIpc) is 2.39. The first-order valence-electron chi connectivity index (χ1n) is 4.94. The first-order valence-corrected chi connectivity index (χ1v) is 4.94. The summed E-state index contributed by atoms with van der Waals surface area (Å²) >= 11 is 0. The second kappa shape index (κ2) is 4.52. The Morgan fingerprint density at radius 1 is 1.18 bits per heavy atom. The van der Waals surface area contributed by atoms with Gasteiger partial charge in [-0.2, -0.15) is 0 Å². The number of nitrogens with one attached hydrogen (secondary N) is 1. The van der Waals surface area contributed by atoms with Crippen LogP contribution in [-0.4, -0.2) is 21.6 Å². The monoisotopic (exact) mass is 226 g/mol. The van der Waals surface area contributed by atoms with Gasteiger partial charge in [0.2, 0.25) is 5.78 Å². The number of nitrogens with two attached hydrogens (primary N) is 1. The van der Waals surface area contributed by atoms with Crippen LogP contribution in [0.15, 0.2) is 42.9 Å². The van der Waals surface area contributed by atoms with Crippen LogP contribution >= 0.6 is 0 Å². The summed E-state index contributed by atoms with van der Waals surface area (Å²) in [5.41, 5.74) is 6.43. The molecule has 2 aromatic rings. The van der Waals surface area contributed by atoms with E-state index in [2.05, 4.69) is 9.97 Å². The Morgan fingerprint density at radius 3 is 2.47 bits per heavy atom. The van der Waals surface area contributed by atoms with Gasteiger partial charge in [0.25, 0.3) is 0 Å². The van der Waals surface area contributed by atoms with E-state index in [-0.39, 0.29) is 17.3 Å². The Balaban J connectivity index is 2.48. The molecule has 0 aliphatic carbocycles. The molecule has 84 valence electrons. The van der Waals surface area contributed by atoms with E-state index in [1.165, 1.54) is 18.6 Å². The number of aromatic nitrogens is 2. The minimum absolute atomic E-state index is 0.141. The third kappa shape index (κ3) is 2.17. The lowest BCUT2D eigenvalue weighted by molar-refractivity contribution is 0.103. The Morgan fingerprint density at radius 2 is 1.88 bits per heavy atom. The summed E-state index contributed by atoms with van der Waals surface area (Å²) in [4.78, 5) is 19.9. The molecule has 1 aromatic carbocycles. The molecular weight excluding hydrogens is 216 g/mol. The predicted octanol–water partition coefficient (Wildman–Crippen LogP) is 0.992. The molecule has 0 atom stereocenters. The molecule has 5 nitrogen and oxygen atoms in total. The van der Waals surface area contributed by atoms with Crippen LogP contribution in [0, 0.1) is 5.41 Å². The standard InChI is InChI=1S/C12H10N4O/c13-12(14)9-4-2-1-3-8(9)11(17)10-7-15-5-6-16-10/h1-7H,(H3,13,14). The van der Waals surface area contributed by atoms with E-state index >= 15 is 0 Å². The van der Waals surface area contributed by atoms with Crippen molar-refractivity contribution < 1.29 is 4.79 Å². The SMILES string of the molecule is N=C(N)c1ccccc1C(=O)c1cnccn1. The minimum atomic E-state index is -0.288. The highest BCUT2D eigenvalue weighted by Gasteiger charge is 2.15. The maximum atomic E-state index is 12.1. The number of ketones is 1. The summed E-state index contributed by atoms with van der Waals surface area (Å²) in [5, 5.41) is 7.42. The van der Waals surface area contributed by atoms with E-state index in [0.717, 1.165) is 0 Å². The molecule has 0 unspecified atom stereocenters. The third-order valence-electron chi connectivity index (χ3n) is 2.26. The molecule has 1 aromatic heterocycles. The lowest BCUT2D eigenvalue weighted by atomic mass is 10.0. The molecular formula is C12H10N4O. The van der Waals surface area contributed by atoms with Gasteiger partial charge in [-0.3, -0.25) is 15.2 Å². The molecule has 0 aliphatic rings. The van der Waals surface area contributed by atoms with Gasteiger partial charge in [-0.25, -0.2) is 4.98 Å². The van der Waals surface area contributed by atoms with Crippen molar-refractivity contribution >= 4 is 11.6 Å². The largest absolute Gasteiger partial charge is 0.384 e. The molecule has 0 radical (unpaired) electrons. The van der Waals surface area contributed by atoms with E-state index in [1.54, 1.807) is 24.3 Å². The van der Waals surface area contributed by atoms with Gasteiger partial charge < -0.3 is 5.73 Å². The first-order chi connectivity index (χ1) is 8.20. The van der Waals surface area contributed by atoms with E-state index in [9.17, 15) is 4.79 Å². The topological polar surface area (TPSA) is 92.7 Å². The fourth-order valence-corrected chi connectivity index (χ4v) is 1.47. The van der Waals surface area contributed by atoms with Crippen LogP contribution in [0.3, 0.4) is 0 Å². The Bertz CT molecular complexity index is 566. The summed E-state index contributed by atoms with van der Waals surface area (Å²) in [6.07, 6.45) is 4.33. The number of hydrogen-bond acceptors (Lipinski definition) is 4. The van der Waals surface area contributed by atoms with Crippen molar-refractivity contribution in [3.05, 3.63) is 59.7 Å². The fourth-order valence-electron chi connectivity index (χ4n) is 1.47. The summed E-state index contributed by atoms with van der Waals surface area (Å²) in [6, 6.07) is 6.69. The normalized spacial score (nSPS) is 9.88. The molecule has 0 fully saturated rings. The third-order valence-corrected chi connectivity index (χ3v) is 2.26. The molecule has 17 heavy (non-hydrogen) atoms. The second-order valence-corrected chi connectivity index (χ2v) is 3.38. The summed E-state index contributed by atoms with van der Waals surface area (Å²) < 4.78 is 0. The van der Waals surface area contributed by atoms with Crippen molar-refractivity contribution in [2.45, 2.75) is 0 Å². The smallest absolute Gasteiger partial charge is 0.213 e. The fraction of sp³-hybridized carbons (Fsp3) is 0. The molecule has 0 amide bonds. The molecule has 5 heteroatoms. The van der Waals surface area contributed by atoms with Crippen molar-refractivity contribution in [1.82, 2.24) is 9.97 Å². The van der Waals surface area contributed by atoms with Crippen molar-refractivity contribution in [3.8, 4) is 0 Å². The Hall–Kier alpha value is -2.56. The van der Waals surface area contributed by atoms with Gasteiger partial charge in [0.1, 0.15) is 11.5 Å². The van der Waals surface area contributed by atoms with Gasteiger partial charge in [-0.05, 0) is 0 Å². The van der Waals surface area contributed by atoms with Crippen LogP contribution < -0.4 is 5.73 Å². The van der Waals surface area contributed by atoms with Crippen molar-refractivity contribution in [3.63, 3.8) is 0 Å². The van der Waals surface area contributed by atoms with Crippen LogP contribution in [0.4, 0.5) is 0 Å². The highest BCUT2D eigenvalue weighted by Crippen LogP contribution is 2.12. The average molecular weight is 226 g/mol. The molecule has 0 saturated heterocycles. The maximum absolute atomic E-state index is 12.1. The number of carbonyl (C=O) groups excluding carboxylic acids is 1. The number of benzene rings is 1. The van der Waals surface area contributed by atoms with Crippen molar-refractivity contribution in [2.24, 2.45) is 5.73 Å². The summed E-state index contributed by atoms with van der Waals surface area (Å²) in [6.45, 7) is 0. The van der Waals surface area contributed by atoms with Gasteiger partial charge in [-0.1, -0.05) is 24.3 Å². The van der Waals surface area contributed by atoms with Crippen LogP contribution in [0.5, 0.6) is 0 Å². The molecule has 0 aliphatic heterocycles. The predicted molar refractivity (Wildman–Crippen MR) is 62.9 cm³/mol. The van der Waals surface area contributed by atoms with Crippen LogP contribution in [0.1, 0.15) is 21.6 Å². The lowest BCUT2D eigenvalue weighted by Crippen LogP contribution is -2.17. The van der Waals surface area contributed by atoms with Crippen molar-refractivity contribution in [2.75, 3.05) is 0 Å². The molecule has 2 rings (SSSR count). The zero-order chi connectivity index (χ0) is 12.3. The van der Waals surface area contributed by atoms with Gasteiger partial charge in [0.05, 0.1) is 6.20 Å². The highest BCUT2D eigenvalue weighted by atomic mass is 16.1. The van der Waals surface area contributed by atoms with Gasteiger partial charge in [0.15, 0.2) is 0 Å². The highest BCUT2D eigenvalue weighted by molar-refractivity contribution is 6.14. The van der Waals surface area contributed by atoms with Crippen LogP contribution in [0.2, 0.25) is 0 Å². The van der Waals surface area contributed by atoms with Crippen LogP contribution in [0.25, 0.3) is 0 Å². The second-order valence-electron chi connectivity index (χ2n) is 3.38. The molecule has 3 N–H and O–H groups in total. The zero-order valence-electron chi connectivity index (χ0n) is 8.92. The van der Waals surface area contributed by atoms with Gasteiger partial charge >= 0.3 is 0 Å². The van der Waals surface area contributed by atoms with Crippen molar-refractivity contribution in [1.29, 1.82) is 5.41 Å². The van der Waals surface area contributed by atoms with E-state index in [1.807, 2.05) is 0 Å². The first kappa shape index (κ1) is 10.9.